The van der Waals surface area contributed by atoms with E-state index in [0.29, 0.717) is 22.5 Å². The number of halogens is 1. The lowest BCUT2D eigenvalue weighted by atomic mass is 10.0. The van der Waals surface area contributed by atoms with E-state index in [2.05, 4.69) is 18.3 Å². The molecular formula is C27H24FN3OS. The molecule has 0 unspecified atom stereocenters. The second kappa shape index (κ2) is 10.5. The van der Waals surface area contributed by atoms with Gasteiger partial charge in [-0.2, -0.15) is 0 Å². The predicted octanol–water partition coefficient (Wildman–Crippen LogP) is 5.84. The van der Waals surface area contributed by atoms with Crippen LogP contribution in [-0.2, 0) is 0 Å². The first-order chi connectivity index (χ1) is 16.2. The van der Waals surface area contributed by atoms with Crippen molar-refractivity contribution >= 4 is 29.1 Å². The molecule has 1 saturated heterocycles. The average molecular weight is 458 g/mol. The minimum absolute atomic E-state index is 0.140. The van der Waals surface area contributed by atoms with Crippen LogP contribution < -0.4 is 5.43 Å². The van der Waals surface area contributed by atoms with Crippen molar-refractivity contribution in [3.8, 4) is 12.8 Å². The highest BCUT2D eigenvalue weighted by atomic mass is 32.2. The number of terminal acetylenes is 1. The number of hydrogen-bond donors (Lipinski definition) is 1. The molecule has 0 bridgehead atoms. The van der Waals surface area contributed by atoms with E-state index >= 15 is 0 Å². The van der Waals surface area contributed by atoms with E-state index < -0.39 is 0 Å². The Hall–Kier alpha value is -3.40. The van der Waals surface area contributed by atoms with Crippen LogP contribution in [0.15, 0.2) is 81.5 Å². The van der Waals surface area contributed by atoms with Crippen LogP contribution in [0, 0.1) is 18.7 Å². The van der Waals surface area contributed by atoms with E-state index in [1.54, 1.807) is 30.0 Å². The Labute approximate surface area is 197 Å². The Bertz CT molecular complexity index is 1210. The maximum Gasteiger partial charge on any atom is 0.265 e. The first-order valence-electron chi connectivity index (χ1n) is 10.8. The van der Waals surface area contributed by atoms with Gasteiger partial charge in [0.25, 0.3) is 5.91 Å². The molecule has 166 valence electrons. The molecule has 0 saturated carbocycles. The van der Waals surface area contributed by atoms with Crippen LogP contribution >= 0.6 is 11.8 Å². The fourth-order valence-electron chi connectivity index (χ4n) is 3.96. The van der Waals surface area contributed by atoms with E-state index in [0.717, 1.165) is 41.3 Å². The van der Waals surface area contributed by atoms with Crippen molar-refractivity contribution in [3.05, 3.63) is 89.2 Å². The van der Waals surface area contributed by atoms with E-state index in [1.165, 1.54) is 12.5 Å². The van der Waals surface area contributed by atoms with Crippen LogP contribution in [0.2, 0.25) is 0 Å². The molecule has 2 aliphatic rings. The molecule has 0 atom stereocenters. The molecule has 0 spiro atoms. The van der Waals surface area contributed by atoms with Crippen molar-refractivity contribution in [2.75, 3.05) is 13.1 Å². The van der Waals surface area contributed by atoms with Gasteiger partial charge < -0.3 is 0 Å². The van der Waals surface area contributed by atoms with E-state index in [9.17, 15) is 9.18 Å². The SMILES string of the molecule is C#C.O=C(NN1CCCCC1)c1ccc2c(c1)N=C(c1ccccc1F)c1ccccc1S2. The highest BCUT2D eigenvalue weighted by molar-refractivity contribution is 7.99. The van der Waals surface area contributed by atoms with E-state index in [-0.39, 0.29) is 11.7 Å². The van der Waals surface area contributed by atoms with Crippen LogP contribution in [0.3, 0.4) is 0 Å². The van der Waals surface area contributed by atoms with Crippen molar-refractivity contribution in [3.63, 3.8) is 0 Å². The number of carbonyl (C=O) groups excluding carboxylic acids is 1. The lowest BCUT2D eigenvalue weighted by Crippen LogP contribution is -2.45. The van der Waals surface area contributed by atoms with Gasteiger partial charge >= 0.3 is 0 Å². The summed E-state index contributed by atoms with van der Waals surface area (Å²) in [4.78, 5) is 19.7. The van der Waals surface area contributed by atoms with Gasteiger partial charge in [0, 0.05) is 39.6 Å². The number of fused-ring (bicyclic) bond motifs is 2. The third-order valence-corrected chi connectivity index (χ3v) is 6.70. The maximum absolute atomic E-state index is 14.7. The molecule has 3 aromatic carbocycles. The van der Waals surface area contributed by atoms with Crippen LogP contribution in [0.1, 0.15) is 40.7 Å². The molecule has 0 aliphatic carbocycles. The number of hydrogen-bond acceptors (Lipinski definition) is 4. The van der Waals surface area contributed by atoms with Gasteiger partial charge in [0.05, 0.1) is 11.4 Å². The van der Waals surface area contributed by atoms with Crippen molar-refractivity contribution in [1.82, 2.24) is 10.4 Å². The van der Waals surface area contributed by atoms with Crippen LogP contribution in [0.4, 0.5) is 10.1 Å². The molecule has 0 radical (unpaired) electrons. The molecule has 0 aromatic heterocycles. The van der Waals surface area contributed by atoms with Crippen LogP contribution in [-0.4, -0.2) is 29.7 Å². The second-order valence-corrected chi connectivity index (χ2v) is 8.79. The summed E-state index contributed by atoms with van der Waals surface area (Å²) >= 11 is 1.58. The van der Waals surface area contributed by atoms with Gasteiger partial charge in [0.1, 0.15) is 5.82 Å². The Kier molecular flexibility index (Phi) is 7.23. The largest absolute Gasteiger partial charge is 0.285 e. The lowest BCUT2D eigenvalue weighted by Gasteiger charge is -2.26. The highest BCUT2D eigenvalue weighted by Crippen LogP contribution is 2.41. The average Bonchev–Trinajstić information content (AvgIpc) is 3.02. The Morgan fingerprint density at radius 2 is 1.61 bits per heavy atom. The summed E-state index contributed by atoms with van der Waals surface area (Å²) in [5.41, 5.74) is 6.14. The molecular weight excluding hydrogens is 433 g/mol. The van der Waals surface area contributed by atoms with Crippen molar-refractivity contribution in [2.45, 2.75) is 29.1 Å². The highest BCUT2D eigenvalue weighted by Gasteiger charge is 2.22. The zero-order valence-electron chi connectivity index (χ0n) is 18.1. The summed E-state index contributed by atoms with van der Waals surface area (Å²) in [5.74, 6) is -0.456. The van der Waals surface area contributed by atoms with Crippen molar-refractivity contribution in [1.29, 1.82) is 0 Å². The number of nitrogens with zero attached hydrogens (tertiary/aromatic N) is 2. The fourth-order valence-corrected chi connectivity index (χ4v) is 4.96. The Morgan fingerprint density at radius 3 is 2.36 bits per heavy atom. The molecule has 5 rings (SSSR count). The van der Waals surface area contributed by atoms with Gasteiger partial charge in [-0.25, -0.2) is 14.4 Å². The van der Waals surface area contributed by atoms with Crippen molar-refractivity contribution < 1.29 is 9.18 Å². The minimum Gasteiger partial charge on any atom is -0.285 e. The molecule has 1 fully saturated rings. The molecule has 33 heavy (non-hydrogen) atoms. The second-order valence-electron chi connectivity index (χ2n) is 7.71. The topological polar surface area (TPSA) is 44.7 Å². The fraction of sp³-hybridized carbons (Fsp3) is 0.185. The van der Waals surface area contributed by atoms with Gasteiger partial charge in [0.2, 0.25) is 0 Å². The van der Waals surface area contributed by atoms with Gasteiger partial charge in [-0.05, 0) is 49.2 Å². The summed E-state index contributed by atoms with van der Waals surface area (Å²) in [6.07, 6.45) is 11.4. The summed E-state index contributed by atoms with van der Waals surface area (Å²) in [6, 6.07) is 20.1. The van der Waals surface area contributed by atoms with E-state index in [4.69, 9.17) is 4.99 Å². The lowest BCUT2D eigenvalue weighted by molar-refractivity contribution is 0.0750. The number of amides is 1. The number of rotatable bonds is 3. The summed E-state index contributed by atoms with van der Waals surface area (Å²) < 4.78 is 14.7. The third kappa shape index (κ3) is 5.00. The summed E-state index contributed by atoms with van der Waals surface area (Å²) in [7, 11) is 0. The number of piperidine rings is 1. The molecule has 2 aliphatic heterocycles. The predicted molar refractivity (Wildman–Crippen MR) is 131 cm³/mol. The van der Waals surface area contributed by atoms with Gasteiger partial charge in [-0.1, -0.05) is 48.5 Å². The summed E-state index contributed by atoms with van der Waals surface area (Å²) in [6.45, 7) is 1.74. The van der Waals surface area contributed by atoms with Gasteiger partial charge in [-0.15, -0.1) is 12.8 Å². The molecule has 1 amide bonds. The smallest absolute Gasteiger partial charge is 0.265 e. The van der Waals surface area contributed by atoms with E-state index in [1.807, 2.05) is 47.5 Å². The quantitative estimate of drug-likeness (QED) is 0.393. The molecule has 3 aromatic rings. The van der Waals surface area contributed by atoms with Gasteiger partial charge in [-0.3, -0.25) is 10.2 Å². The standard InChI is InChI=1S/C25H22FN3OS.C2H2/c26-20-10-4-2-8-18(20)24-19-9-3-5-11-22(19)31-23-13-12-17(16-21(23)27-24)25(30)28-29-14-6-1-7-15-29;1-2/h2-5,8-13,16H,1,6-7,14-15H2,(H,28,30);1-2H. The minimum atomic E-state index is -0.316. The van der Waals surface area contributed by atoms with Gasteiger partial charge in [0.15, 0.2) is 0 Å². The first kappa shape index (κ1) is 22.8. The summed E-state index contributed by atoms with van der Waals surface area (Å²) in [5, 5.41) is 1.98. The Balaban J connectivity index is 0.00000126. The van der Waals surface area contributed by atoms with Crippen LogP contribution in [0.25, 0.3) is 0 Å². The number of aliphatic imine (C=N–C) groups is 1. The number of nitrogens with one attached hydrogen (secondary N) is 1. The zero-order chi connectivity index (χ0) is 23.2. The normalized spacial score (nSPS) is 15.1. The molecule has 4 nitrogen and oxygen atoms in total. The molecule has 1 N–H and O–H groups in total. The number of hydrazine groups is 1. The number of carbonyl (C=O) groups is 1. The van der Waals surface area contributed by atoms with Crippen molar-refractivity contribution in [2.24, 2.45) is 4.99 Å². The molecule has 2 heterocycles. The van der Waals surface area contributed by atoms with Crippen LogP contribution in [0.5, 0.6) is 0 Å². The third-order valence-electron chi connectivity index (χ3n) is 5.56. The number of benzene rings is 3. The molecule has 6 heteroatoms. The zero-order valence-corrected chi connectivity index (χ0v) is 18.9. The maximum atomic E-state index is 14.7. The Morgan fingerprint density at radius 1 is 0.909 bits per heavy atom. The first-order valence-corrected chi connectivity index (χ1v) is 11.6. The monoisotopic (exact) mass is 457 g/mol.